The van der Waals surface area contributed by atoms with Gasteiger partial charge < -0.3 is 14.8 Å². The first-order chi connectivity index (χ1) is 16.8. The number of rotatable bonds is 8. The predicted molar refractivity (Wildman–Crippen MR) is 126 cm³/mol. The number of nitrogens with zero attached hydrogens (tertiary/aromatic N) is 2. The Morgan fingerprint density at radius 2 is 2.03 bits per heavy atom. The number of nitrogens with one attached hydrogen (secondary N) is 1. The third kappa shape index (κ3) is 5.46. The van der Waals surface area contributed by atoms with Crippen LogP contribution in [-0.4, -0.2) is 41.8 Å². The summed E-state index contributed by atoms with van der Waals surface area (Å²) in [5.41, 5.74) is 1.86. The number of carbonyl (C=O) groups is 3. The molecule has 0 fully saturated rings. The van der Waals surface area contributed by atoms with Crippen LogP contribution in [0.4, 0.5) is 10.1 Å². The largest absolute Gasteiger partial charge is 0.485 e. The average molecular weight is 477 g/mol. The van der Waals surface area contributed by atoms with Crippen LogP contribution in [0.5, 0.6) is 11.5 Å². The number of Topliss-reactive ketones (excluding diaryl/α,β-unsaturated/α-hetero) is 1. The number of ether oxygens (including phenoxy) is 2. The first-order valence-corrected chi connectivity index (χ1v) is 11.0. The molecule has 1 N–H and O–H groups in total. The van der Waals surface area contributed by atoms with Crippen LogP contribution in [0.15, 0.2) is 60.8 Å². The zero-order chi connectivity index (χ0) is 24.9. The highest BCUT2D eigenvalue weighted by atomic mass is 19.1. The van der Waals surface area contributed by atoms with Gasteiger partial charge in [-0.05, 0) is 67.9 Å². The first-order valence-electron chi connectivity index (χ1n) is 11.0. The number of aromatic nitrogens is 1. The molecule has 0 bridgehead atoms. The summed E-state index contributed by atoms with van der Waals surface area (Å²) in [7, 11) is 0. The maximum absolute atomic E-state index is 13.3. The first kappa shape index (κ1) is 23.9. The number of halogens is 1. The van der Waals surface area contributed by atoms with Crippen molar-refractivity contribution in [1.29, 1.82) is 0 Å². The van der Waals surface area contributed by atoms with E-state index >= 15 is 0 Å². The predicted octanol–water partition coefficient (Wildman–Crippen LogP) is 3.22. The van der Waals surface area contributed by atoms with Gasteiger partial charge in [0.1, 0.15) is 23.4 Å². The summed E-state index contributed by atoms with van der Waals surface area (Å²) in [5.74, 6) is -0.720. The molecule has 0 spiro atoms. The second-order valence-electron chi connectivity index (χ2n) is 8.07. The van der Waals surface area contributed by atoms with E-state index in [1.54, 1.807) is 44.3 Å². The number of carbonyl (C=O) groups excluding carboxylic acids is 3. The van der Waals surface area contributed by atoms with Crippen LogP contribution >= 0.6 is 0 Å². The van der Waals surface area contributed by atoms with Crippen molar-refractivity contribution in [3.63, 3.8) is 0 Å². The summed E-state index contributed by atoms with van der Waals surface area (Å²) >= 11 is 0. The molecule has 4 rings (SSSR count). The highest BCUT2D eigenvalue weighted by Crippen LogP contribution is 2.34. The minimum Gasteiger partial charge on any atom is -0.485 e. The average Bonchev–Trinajstić information content (AvgIpc) is 2.86. The fraction of sp³-hybridized carbons (Fsp3) is 0.231. The summed E-state index contributed by atoms with van der Waals surface area (Å²) < 4.78 is 24.4. The number of amides is 2. The van der Waals surface area contributed by atoms with Crippen LogP contribution in [0.25, 0.3) is 0 Å². The van der Waals surface area contributed by atoms with Gasteiger partial charge in [0.05, 0.1) is 17.9 Å². The molecule has 1 unspecified atom stereocenters. The number of benzene rings is 2. The van der Waals surface area contributed by atoms with E-state index < -0.39 is 11.9 Å². The van der Waals surface area contributed by atoms with Gasteiger partial charge in [-0.1, -0.05) is 6.07 Å². The van der Waals surface area contributed by atoms with Gasteiger partial charge in [-0.2, -0.15) is 0 Å². The van der Waals surface area contributed by atoms with Crippen LogP contribution in [-0.2, 0) is 16.1 Å². The van der Waals surface area contributed by atoms with Crippen LogP contribution in [0.3, 0.4) is 0 Å². The highest BCUT2D eigenvalue weighted by Gasteiger charge is 2.33. The Balaban J connectivity index is 1.49. The SMILES string of the molecule is Cc1cc(F)ccc1OCC(=O)c1ccc2c(c1)N(C(C)C(=O)NCc1ccccn1)C(=O)CO2. The third-order valence-corrected chi connectivity index (χ3v) is 5.59. The van der Waals surface area contributed by atoms with E-state index in [9.17, 15) is 18.8 Å². The number of hydrogen-bond acceptors (Lipinski definition) is 6. The molecule has 0 saturated heterocycles. The van der Waals surface area contributed by atoms with E-state index in [0.717, 1.165) is 0 Å². The monoisotopic (exact) mass is 477 g/mol. The molecule has 1 aliphatic heterocycles. The summed E-state index contributed by atoms with van der Waals surface area (Å²) in [5, 5.41) is 2.78. The maximum atomic E-state index is 13.3. The zero-order valence-electron chi connectivity index (χ0n) is 19.3. The topological polar surface area (TPSA) is 97.8 Å². The van der Waals surface area contributed by atoms with Crippen LogP contribution in [0, 0.1) is 12.7 Å². The molecule has 180 valence electrons. The highest BCUT2D eigenvalue weighted by molar-refractivity contribution is 6.05. The molecular formula is C26H24FN3O5. The molecule has 0 aliphatic carbocycles. The second kappa shape index (κ2) is 10.3. The summed E-state index contributed by atoms with van der Waals surface area (Å²) in [6.45, 7) is 3.01. The molecule has 3 aromatic rings. The Bertz CT molecular complexity index is 1270. The van der Waals surface area contributed by atoms with Gasteiger partial charge in [-0.3, -0.25) is 24.3 Å². The van der Waals surface area contributed by atoms with Crippen molar-refractivity contribution in [2.24, 2.45) is 0 Å². The number of pyridine rings is 1. The lowest BCUT2D eigenvalue weighted by molar-refractivity contribution is -0.127. The van der Waals surface area contributed by atoms with Crippen LogP contribution < -0.4 is 19.7 Å². The fourth-order valence-electron chi connectivity index (χ4n) is 3.72. The number of fused-ring (bicyclic) bond motifs is 1. The van der Waals surface area contributed by atoms with Crippen LogP contribution in [0.1, 0.15) is 28.5 Å². The number of anilines is 1. The Morgan fingerprint density at radius 1 is 1.20 bits per heavy atom. The van der Waals surface area contributed by atoms with E-state index in [-0.39, 0.29) is 42.8 Å². The molecular weight excluding hydrogens is 453 g/mol. The van der Waals surface area contributed by atoms with E-state index in [4.69, 9.17) is 9.47 Å². The van der Waals surface area contributed by atoms with Crippen LogP contribution in [0.2, 0.25) is 0 Å². The molecule has 8 nitrogen and oxygen atoms in total. The minimum absolute atomic E-state index is 0.216. The summed E-state index contributed by atoms with van der Waals surface area (Å²) in [6.07, 6.45) is 1.63. The smallest absolute Gasteiger partial charge is 0.265 e. The molecule has 9 heteroatoms. The molecule has 0 radical (unpaired) electrons. The Morgan fingerprint density at radius 3 is 2.77 bits per heavy atom. The summed E-state index contributed by atoms with van der Waals surface area (Å²) in [4.78, 5) is 43.8. The number of aryl methyl sites for hydroxylation is 1. The molecule has 2 amide bonds. The minimum atomic E-state index is -0.850. The standard InChI is InChI=1S/C26H24FN3O5/c1-16-11-19(27)7-9-23(16)34-14-22(31)18-6-8-24-21(12-18)30(25(32)15-35-24)17(2)26(33)29-13-20-5-3-4-10-28-20/h3-12,17H,13-15H2,1-2H3,(H,29,33). The second-order valence-corrected chi connectivity index (χ2v) is 8.07. The van der Waals surface area contributed by atoms with Crippen molar-refractivity contribution in [3.05, 3.63) is 83.4 Å². The van der Waals surface area contributed by atoms with Gasteiger partial charge in [0, 0.05) is 11.8 Å². The van der Waals surface area contributed by atoms with Gasteiger partial charge in [0.2, 0.25) is 5.91 Å². The molecule has 35 heavy (non-hydrogen) atoms. The van der Waals surface area contributed by atoms with Gasteiger partial charge in [-0.15, -0.1) is 0 Å². The third-order valence-electron chi connectivity index (χ3n) is 5.59. The molecule has 1 atom stereocenters. The van der Waals surface area contributed by atoms with E-state index in [1.165, 1.54) is 29.2 Å². The lowest BCUT2D eigenvalue weighted by atomic mass is 10.1. The zero-order valence-corrected chi connectivity index (χ0v) is 19.3. The van der Waals surface area contributed by atoms with Crippen molar-refractivity contribution in [2.45, 2.75) is 26.4 Å². The van der Waals surface area contributed by atoms with E-state index in [1.807, 2.05) is 6.07 Å². The van der Waals surface area contributed by atoms with Crippen molar-refractivity contribution in [3.8, 4) is 11.5 Å². The lowest BCUT2D eigenvalue weighted by Crippen LogP contribution is -2.51. The maximum Gasteiger partial charge on any atom is 0.265 e. The van der Waals surface area contributed by atoms with E-state index in [0.29, 0.717) is 28.4 Å². The fourth-order valence-corrected chi connectivity index (χ4v) is 3.72. The van der Waals surface area contributed by atoms with Gasteiger partial charge in [-0.25, -0.2) is 4.39 Å². The summed E-state index contributed by atoms with van der Waals surface area (Å²) in [6, 6.07) is 13.2. The molecule has 1 aromatic heterocycles. The quantitative estimate of drug-likeness (QED) is 0.501. The van der Waals surface area contributed by atoms with Crippen molar-refractivity contribution < 1.29 is 28.2 Å². The van der Waals surface area contributed by atoms with Gasteiger partial charge >= 0.3 is 0 Å². The lowest BCUT2D eigenvalue weighted by Gasteiger charge is -2.33. The molecule has 2 aromatic carbocycles. The Labute approximate surface area is 201 Å². The molecule has 0 saturated carbocycles. The van der Waals surface area contributed by atoms with Crippen molar-refractivity contribution in [1.82, 2.24) is 10.3 Å². The van der Waals surface area contributed by atoms with Crippen molar-refractivity contribution in [2.75, 3.05) is 18.1 Å². The number of ketones is 1. The number of hydrogen-bond donors (Lipinski definition) is 1. The van der Waals surface area contributed by atoms with E-state index in [2.05, 4.69) is 10.3 Å². The molecule has 1 aliphatic rings. The Kier molecular flexibility index (Phi) is 7.05. The van der Waals surface area contributed by atoms with Gasteiger partial charge in [0.15, 0.2) is 19.0 Å². The normalized spacial score (nSPS) is 13.5. The van der Waals surface area contributed by atoms with Gasteiger partial charge in [0.25, 0.3) is 5.91 Å². The molecule has 2 heterocycles. The van der Waals surface area contributed by atoms with Crippen molar-refractivity contribution >= 4 is 23.3 Å². The Hall–Kier alpha value is -4.27.